The minimum Gasteiger partial charge on any atom is -0.443 e. The van der Waals surface area contributed by atoms with E-state index in [2.05, 4.69) is 0 Å². The van der Waals surface area contributed by atoms with Crippen molar-refractivity contribution >= 4 is 17.7 Å². The Labute approximate surface area is 110 Å². The first kappa shape index (κ1) is 13.1. The predicted molar refractivity (Wildman–Crippen MR) is 67.1 cm³/mol. The zero-order valence-corrected chi connectivity index (χ0v) is 11.0. The topological polar surface area (TPSA) is 68.6 Å². The van der Waals surface area contributed by atoms with Crippen molar-refractivity contribution in [3.8, 4) is 0 Å². The summed E-state index contributed by atoms with van der Waals surface area (Å²) in [6, 6.07) is 1.59. The number of carbonyl (C=O) groups excluding carboxylic acids is 3. The van der Waals surface area contributed by atoms with Crippen LogP contribution in [0.3, 0.4) is 0 Å². The van der Waals surface area contributed by atoms with Crippen molar-refractivity contribution in [1.82, 2.24) is 9.47 Å². The fraction of sp³-hybridized carbons (Fsp3) is 0.308. The van der Waals surface area contributed by atoms with E-state index in [0.717, 1.165) is 0 Å². The number of allylic oxidation sites excluding steroid dienone is 2. The number of hydrogen-bond donors (Lipinski definition) is 0. The molecule has 0 saturated carbocycles. The molecule has 0 aromatic carbocycles. The summed E-state index contributed by atoms with van der Waals surface area (Å²) in [7, 11) is 4.83. The van der Waals surface area contributed by atoms with Crippen LogP contribution in [0, 0.1) is 0 Å². The quantitative estimate of drug-likeness (QED) is 0.802. The van der Waals surface area contributed by atoms with E-state index in [-0.39, 0.29) is 18.2 Å². The highest BCUT2D eigenvalue weighted by molar-refractivity contribution is 6.21. The largest absolute Gasteiger partial charge is 0.443 e. The van der Waals surface area contributed by atoms with E-state index >= 15 is 0 Å². The SMILES string of the molecule is CN(C)C(=O)OCc1cc2c(n1C)C(=O)C=CC2=O. The Morgan fingerprint density at radius 2 is 1.89 bits per heavy atom. The highest BCUT2D eigenvalue weighted by Gasteiger charge is 2.25. The highest BCUT2D eigenvalue weighted by Crippen LogP contribution is 2.21. The molecule has 0 bridgehead atoms. The van der Waals surface area contributed by atoms with Gasteiger partial charge in [0.1, 0.15) is 12.3 Å². The minimum atomic E-state index is -0.477. The molecule has 0 radical (unpaired) electrons. The second kappa shape index (κ2) is 4.72. The van der Waals surface area contributed by atoms with Crippen LogP contribution in [-0.4, -0.2) is 41.2 Å². The second-order valence-corrected chi connectivity index (χ2v) is 4.47. The summed E-state index contributed by atoms with van der Waals surface area (Å²) in [5.74, 6) is -0.433. The van der Waals surface area contributed by atoms with Crippen LogP contribution in [0.4, 0.5) is 4.79 Å². The summed E-state index contributed by atoms with van der Waals surface area (Å²) < 4.78 is 6.63. The Morgan fingerprint density at radius 1 is 1.26 bits per heavy atom. The fourth-order valence-electron chi connectivity index (χ4n) is 1.87. The van der Waals surface area contributed by atoms with Crippen molar-refractivity contribution in [1.29, 1.82) is 0 Å². The van der Waals surface area contributed by atoms with Gasteiger partial charge >= 0.3 is 6.09 Å². The zero-order valence-electron chi connectivity index (χ0n) is 11.0. The second-order valence-electron chi connectivity index (χ2n) is 4.47. The molecule has 0 N–H and O–H groups in total. The molecule has 1 aliphatic rings. The fourth-order valence-corrected chi connectivity index (χ4v) is 1.87. The van der Waals surface area contributed by atoms with Crippen LogP contribution in [0.15, 0.2) is 18.2 Å². The van der Waals surface area contributed by atoms with Crippen molar-refractivity contribution in [2.75, 3.05) is 14.1 Å². The zero-order chi connectivity index (χ0) is 14.2. The van der Waals surface area contributed by atoms with Gasteiger partial charge in [-0.05, 0) is 18.2 Å². The Bertz CT molecular complexity index is 596. The van der Waals surface area contributed by atoms with Gasteiger partial charge in [-0.1, -0.05) is 0 Å². The van der Waals surface area contributed by atoms with Crippen LogP contribution < -0.4 is 0 Å². The molecule has 19 heavy (non-hydrogen) atoms. The number of rotatable bonds is 2. The third kappa shape index (κ3) is 2.29. The van der Waals surface area contributed by atoms with Gasteiger partial charge in [-0.25, -0.2) is 4.79 Å². The van der Waals surface area contributed by atoms with Gasteiger partial charge < -0.3 is 14.2 Å². The lowest BCUT2D eigenvalue weighted by Crippen LogP contribution is -2.23. The number of hydrogen-bond acceptors (Lipinski definition) is 4. The summed E-state index contributed by atoms with van der Waals surface area (Å²) in [5, 5.41) is 0. The molecule has 0 saturated heterocycles. The van der Waals surface area contributed by atoms with Crippen molar-refractivity contribution in [2.24, 2.45) is 7.05 Å². The van der Waals surface area contributed by atoms with Gasteiger partial charge in [0.2, 0.25) is 5.78 Å². The summed E-state index contributed by atoms with van der Waals surface area (Å²) >= 11 is 0. The molecule has 0 atom stereocenters. The number of carbonyl (C=O) groups is 3. The van der Waals surface area contributed by atoms with Gasteiger partial charge in [0.15, 0.2) is 5.78 Å². The lowest BCUT2D eigenvalue weighted by atomic mass is 10.0. The molecule has 0 fully saturated rings. The third-order valence-corrected chi connectivity index (χ3v) is 2.93. The molecule has 0 unspecified atom stereocenters. The van der Waals surface area contributed by atoms with E-state index in [1.54, 1.807) is 31.8 Å². The summed E-state index contributed by atoms with van der Waals surface area (Å²) in [5.41, 5.74) is 1.29. The van der Waals surface area contributed by atoms with Crippen LogP contribution in [0.5, 0.6) is 0 Å². The first-order valence-electron chi connectivity index (χ1n) is 5.71. The van der Waals surface area contributed by atoms with Crippen LogP contribution in [0.25, 0.3) is 0 Å². The number of ether oxygens (including phenoxy) is 1. The standard InChI is InChI=1S/C13H14N2O4/c1-14(2)13(18)19-7-8-6-9-10(16)4-5-11(17)12(9)15(8)3/h4-6H,7H2,1-3H3. The molecule has 1 amide bonds. The average Bonchev–Trinajstić information content (AvgIpc) is 2.69. The third-order valence-electron chi connectivity index (χ3n) is 2.93. The first-order chi connectivity index (χ1) is 8.91. The van der Waals surface area contributed by atoms with Crippen LogP contribution in [0.1, 0.15) is 26.5 Å². The summed E-state index contributed by atoms with van der Waals surface area (Å²) in [6.45, 7) is 0.0150. The van der Waals surface area contributed by atoms with Crippen LogP contribution in [0.2, 0.25) is 0 Å². The maximum absolute atomic E-state index is 11.7. The van der Waals surface area contributed by atoms with Crippen molar-refractivity contribution in [2.45, 2.75) is 6.61 Å². The lowest BCUT2D eigenvalue weighted by Gasteiger charge is -2.12. The van der Waals surface area contributed by atoms with E-state index in [9.17, 15) is 14.4 Å². The monoisotopic (exact) mass is 262 g/mol. The van der Waals surface area contributed by atoms with Crippen LogP contribution >= 0.6 is 0 Å². The van der Waals surface area contributed by atoms with Crippen molar-refractivity contribution in [3.63, 3.8) is 0 Å². The van der Waals surface area contributed by atoms with E-state index in [0.29, 0.717) is 17.0 Å². The van der Waals surface area contributed by atoms with Crippen molar-refractivity contribution in [3.05, 3.63) is 35.2 Å². The van der Waals surface area contributed by atoms with Crippen LogP contribution in [-0.2, 0) is 18.4 Å². The minimum absolute atomic E-state index is 0.0150. The molecule has 6 nitrogen and oxygen atoms in total. The lowest BCUT2D eigenvalue weighted by molar-refractivity contribution is 0.0988. The predicted octanol–water partition coefficient (Wildman–Crippen LogP) is 1.16. The summed E-state index contributed by atoms with van der Waals surface area (Å²) in [6.07, 6.45) is 2.02. The Morgan fingerprint density at radius 3 is 2.47 bits per heavy atom. The number of fused-ring (bicyclic) bond motifs is 1. The molecule has 100 valence electrons. The normalized spacial score (nSPS) is 13.4. The Balaban J connectivity index is 2.26. The molecule has 1 aliphatic carbocycles. The molecular weight excluding hydrogens is 248 g/mol. The number of ketones is 2. The van der Waals surface area contributed by atoms with Gasteiger partial charge in [-0.15, -0.1) is 0 Å². The van der Waals surface area contributed by atoms with E-state index in [1.807, 2.05) is 0 Å². The van der Waals surface area contributed by atoms with E-state index in [4.69, 9.17) is 4.74 Å². The van der Waals surface area contributed by atoms with E-state index in [1.165, 1.54) is 17.1 Å². The van der Waals surface area contributed by atoms with Gasteiger partial charge in [-0.3, -0.25) is 9.59 Å². The van der Waals surface area contributed by atoms with Gasteiger partial charge in [0.05, 0.1) is 11.3 Å². The van der Waals surface area contributed by atoms with Gasteiger partial charge in [-0.2, -0.15) is 0 Å². The molecule has 1 aromatic heterocycles. The van der Waals surface area contributed by atoms with Gasteiger partial charge in [0, 0.05) is 21.1 Å². The number of aromatic nitrogens is 1. The van der Waals surface area contributed by atoms with Crippen molar-refractivity contribution < 1.29 is 19.1 Å². The molecule has 0 spiro atoms. The molecule has 1 aromatic rings. The first-order valence-corrected chi connectivity index (χ1v) is 5.71. The number of amides is 1. The summed E-state index contributed by atoms with van der Waals surface area (Å²) in [4.78, 5) is 36.1. The molecule has 6 heteroatoms. The maximum Gasteiger partial charge on any atom is 0.409 e. The average molecular weight is 262 g/mol. The Hall–Kier alpha value is -2.37. The molecule has 1 heterocycles. The molecular formula is C13H14N2O4. The van der Waals surface area contributed by atoms with E-state index < -0.39 is 6.09 Å². The smallest absolute Gasteiger partial charge is 0.409 e. The Kier molecular flexibility index (Phi) is 3.25. The highest BCUT2D eigenvalue weighted by atomic mass is 16.6. The molecule has 2 rings (SSSR count). The maximum atomic E-state index is 11.7. The van der Waals surface area contributed by atoms with Gasteiger partial charge in [0.25, 0.3) is 0 Å². The number of nitrogens with zero attached hydrogens (tertiary/aromatic N) is 2. The molecule has 0 aliphatic heterocycles.